The number of hydrogen-bond donors (Lipinski definition) is 0. The fourth-order valence-corrected chi connectivity index (χ4v) is 5.30. The molecule has 3 rings (SSSR count). The van der Waals surface area contributed by atoms with Crippen LogP contribution in [0.15, 0.2) is 35.8 Å². The molecule has 1 atom stereocenters. The number of benzene rings is 1. The molecule has 0 radical (unpaired) electrons. The number of rotatable bonds is 6. The van der Waals surface area contributed by atoms with Gasteiger partial charge >= 0.3 is 0 Å². The fraction of sp³-hybridized carbons (Fsp3) is 0.476. The molecule has 5 nitrogen and oxygen atoms in total. The number of carbonyl (C=O) groups excluding carboxylic acids is 2. The molecule has 2 heterocycles. The van der Waals surface area contributed by atoms with E-state index in [0.717, 1.165) is 29.7 Å². The second kappa shape index (κ2) is 9.56. The molecule has 0 saturated carbocycles. The second-order valence-electron chi connectivity index (χ2n) is 7.34. The number of carbonyl (C=O) groups is 2. The maximum absolute atomic E-state index is 12.4. The number of likely N-dealkylation sites (tertiary alicyclic amines) is 1. The van der Waals surface area contributed by atoms with Gasteiger partial charge in [0.15, 0.2) is 4.80 Å². The van der Waals surface area contributed by atoms with Crippen molar-refractivity contribution in [3.63, 3.8) is 0 Å². The summed E-state index contributed by atoms with van der Waals surface area (Å²) in [6, 6.07) is 6.22. The standard InChI is InChI=1S/C21H27N3O2S2/c1-4-9-24-17-8-7-15(2)11-18(17)28-21(24)22-19(25)13-27-14-20(26)23-10-5-6-16(3)12-23/h4,7-8,11,16H,1,5-6,9-10,12-14H2,2-3H3/t16-/m0/s1. The smallest absolute Gasteiger partial charge is 0.258 e. The van der Waals surface area contributed by atoms with Crippen molar-refractivity contribution >= 4 is 45.1 Å². The molecule has 0 bridgehead atoms. The maximum Gasteiger partial charge on any atom is 0.258 e. The average Bonchev–Trinajstić information content (AvgIpc) is 2.98. The van der Waals surface area contributed by atoms with E-state index in [4.69, 9.17) is 0 Å². The van der Waals surface area contributed by atoms with Crippen LogP contribution < -0.4 is 4.80 Å². The van der Waals surface area contributed by atoms with E-state index in [9.17, 15) is 9.59 Å². The largest absolute Gasteiger partial charge is 0.342 e. The van der Waals surface area contributed by atoms with Gasteiger partial charge in [-0.15, -0.1) is 18.3 Å². The van der Waals surface area contributed by atoms with Crippen LogP contribution in [0.3, 0.4) is 0 Å². The van der Waals surface area contributed by atoms with Gasteiger partial charge in [0, 0.05) is 19.6 Å². The van der Waals surface area contributed by atoms with Gasteiger partial charge < -0.3 is 9.47 Å². The Hall–Kier alpha value is -1.86. The molecular formula is C21H27N3O2S2. The number of fused-ring (bicyclic) bond motifs is 1. The van der Waals surface area contributed by atoms with Crippen LogP contribution >= 0.6 is 23.1 Å². The number of nitrogens with zero attached hydrogens (tertiary/aromatic N) is 3. The Morgan fingerprint density at radius 3 is 2.96 bits per heavy atom. The fourth-order valence-electron chi connectivity index (χ4n) is 3.44. The van der Waals surface area contributed by atoms with Gasteiger partial charge in [-0.3, -0.25) is 9.59 Å². The highest BCUT2D eigenvalue weighted by Gasteiger charge is 2.20. The van der Waals surface area contributed by atoms with Gasteiger partial charge in [0.05, 0.1) is 21.7 Å². The van der Waals surface area contributed by atoms with Crippen LogP contribution in [0, 0.1) is 12.8 Å². The number of aryl methyl sites for hydroxylation is 1. The normalized spacial score (nSPS) is 17.9. The molecule has 1 aromatic heterocycles. The number of piperidine rings is 1. The Balaban J connectivity index is 1.65. The van der Waals surface area contributed by atoms with Crippen LogP contribution in [0.5, 0.6) is 0 Å². The van der Waals surface area contributed by atoms with Crippen molar-refractivity contribution in [3.8, 4) is 0 Å². The van der Waals surface area contributed by atoms with Gasteiger partial charge in [-0.25, -0.2) is 0 Å². The lowest BCUT2D eigenvalue weighted by molar-refractivity contribution is -0.130. The second-order valence-corrected chi connectivity index (χ2v) is 9.34. The Labute approximate surface area is 174 Å². The first-order valence-electron chi connectivity index (χ1n) is 9.62. The first-order valence-corrected chi connectivity index (χ1v) is 11.6. The van der Waals surface area contributed by atoms with Crippen LogP contribution in [0.25, 0.3) is 10.2 Å². The predicted molar refractivity (Wildman–Crippen MR) is 118 cm³/mol. The van der Waals surface area contributed by atoms with Crippen LogP contribution in [0.4, 0.5) is 0 Å². The third-order valence-corrected chi connectivity index (χ3v) is 6.77. The summed E-state index contributed by atoms with van der Waals surface area (Å²) in [5.41, 5.74) is 2.24. The molecule has 1 aliphatic heterocycles. The number of thiazole rings is 1. The van der Waals surface area contributed by atoms with Crippen molar-refractivity contribution in [1.29, 1.82) is 0 Å². The molecule has 0 N–H and O–H groups in total. The molecule has 7 heteroatoms. The van der Waals surface area contributed by atoms with Gasteiger partial charge in [-0.2, -0.15) is 4.99 Å². The lowest BCUT2D eigenvalue weighted by Crippen LogP contribution is -2.40. The van der Waals surface area contributed by atoms with Crippen molar-refractivity contribution in [2.45, 2.75) is 33.2 Å². The summed E-state index contributed by atoms with van der Waals surface area (Å²) in [6.07, 6.45) is 4.07. The highest BCUT2D eigenvalue weighted by molar-refractivity contribution is 8.00. The third-order valence-electron chi connectivity index (χ3n) is 4.83. The molecule has 1 saturated heterocycles. The molecule has 0 unspecified atom stereocenters. The lowest BCUT2D eigenvalue weighted by atomic mass is 10.0. The zero-order valence-electron chi connectivity index (χ0n) is 16.5. The van der Waals surface area contributed by atoms with E-state index in [1.807, 2.05) is 15.5 Å². The van der Waals surface area contributed by atoms with Gasteiger partial charge in [0.25, 0.3) is 5.91 Å². The summed E-state index contributed by atoms with van der Waals surface area (Å²) in [7, 11) is 0. The highest BCUT2D eigenvalue weighted by Crippen LogP contribution is 2.19. The predicted octanol–water partition coefficient (Wildman–Crippen LogP) is 3.62. The van der Waals surface area contributed by atoms with E-state index in [-0.39, 0.29) is 17.6 Å². The Bertz CT molecular complexity index is 945. The minimum absolute atomic E-state index is 0.128. The summed E-state index contributed by atoms with van der Waals surface area (Å²) in [5.74, 6) is 1.05. The third kappa shape index (κ3) is 5.14. The van der Waals surface area contributed by atoms with E-state index in [0.29, 0.717) is 23.0 Å². The first kappa shape index (κ1) is 20.9. The summed E-state index contributed by atoms with van der Waals surface area (Å²) in [5, 5.41) is 0. The lowest BCUT2D eigenvalue weighted by Gasteiger charge is -2.30. The van der Waals surface area contributed by atoms with Crippen LogP contribution in [0.2, 0.25) is 0 Å². The minimum atomic E-state index is -0.203. The minimum Gasteiger partial charge on any atom is -0.342 e. The van der Waals surface area contributed by atoms with Crippen LogP contribution in [-0.2, 0) is 16.1 Å². The summed E-state index contributed by atoms with van der Waals surface area (Å²) < 4.78 is 3.12. The van der Waals surface area contributed by atoms with Crippen LogP contribution in [-0.4, -0.2) is 45.9 Å². The van der Waals surface area contributed by atoms with Gasteiger partial charge in [-0.05, 0) is 43.4 Å². The molecule has 1 fully saturated rings. The molecular weight excluding hydrogens is 390 g/mol. The van der Waals surface area contributed by atoms with E-state index < -0.39 is 0 Å². The van der Waals surface area contributed by atoms with Crippen molar-refractivity contribution in [3.05, 3.63) is 41.2 Å². The molecule has 0 aliphatic carbocycles. The quantitative estimate of drug-likeness (QED) is 0.675. The number of thioether (sulfide) groups is 1. The summed E-state index contributed by atoms with van der Waals surface area (Å²) >= 11 is 2.87. The monoisotopic (exact) mass is 417 g/mol. The molecule has 2 aromatic rings. The van der Waals surface area contributed by atoms with Gasteiger partial charge in [0.2, 0.25) is 5.91 Å². The Morgan fingerprint density at radius 2 is 2.21 bits per heavy atom. The maximum atomic E-state index is 12.4. The zero-order valence-corrected chi connectivity index (χ0v) is 18.2. The molecule has 1 aromatic carbocycles. The molecule has 1 aliphatic rings. The summed E-state index contributed by atoms with van der Waals surface area (Å²) in [6.45, 7) is 10.3. The summed E-state index contributed by atoms with van der Waals surface area (Å²) in [4.78, 5) is 31.6. The van der Waals surface area contributed by atoms with E-state index in [1.54, 1.807) is 0 Å². The number of amides is 2. The first-order chi connectivity index (χ1) is 13.5. The average molecular weight is 418 g/mol. The SMILES string of the molecule is C=CCn1c(=NC(=O)CSCC(=O)N2CCC[C@H](C)C2)sc2cc(C)ccc21. The van der Waals surface area contributed by atoms with E-state index in [2.05, 4.69) is 43.6 Å². The van der Waals surface area contributed by atoms with Crippen molar-refractivity contribution in [1.82, 2.24) is 9.47 Å². The molecule has 0 spiro atoms. The van der Waals surface area contributed by atoms with Crippen molar-refractivity contribution < 1.29 is 9.59 Å². The Kier molecular flexibility index (Phi) is 7.13. The number of aromatic nitrogens is 1. The number of hydrogen-bond acceptors (Lipinski definition) is 4. The highest BCUT2D eigenvalue weighted by atomic mass is 32.2. The van der Waals surface area contributed by atoms with E-state index in [1.165, 1.54) is 35.1 Å². The van der Waals surface area contributed by atoms with Gasteiger partial charge in [-0.1, -0.05) is 30.4 Å². The van der Waals surface area contributed by atoms with E-state index >= 15 is 0 Å². The zero-order chi connectivity index (χ0) is 20.1. The van der Waals surface area contributed by atoms with Gasteiger partial charge in [0.1, 0.15) is 0 Å². The molecule has 28 heavy (non-hydrogen) atoms. The topological polar surface area (TPSA) is 54.7 Å². The Morgan fingerprint density at radius 1 is 1.39 bits per heavy atom. The van der Waals surface area contributed by atoms with Crippen LogP contribution in [0.1, 0.15) is 25.3 Å². The molecule has 2 amide bonds. The number of allylic oxidation sites excluding steroid dienone is 1. The molecule has 150 valence electrons. The van der Waals surface area contributed by atoms with Crippen molar-refractivity contribution in [2.75, 3.05) is 24.6 Å². The van der Waals surface area contributed by atoms with Crippen molar-refractivity contribution in [2.24, 2.45) is 10.9 Å².